The van der Waals surface area contributed by atoms with E-state index in [-0.39, 0.29) is 18.0 Å². The third-order valence-electron chi connectivity index (χ3n) is 5.12. The molecule has 0 radical (unpaired) electrons. The molecular weight excluding hydrogens is 372 g/mol. The highest BCUT2D eigenvalue weighted by Gasteiger charge is 2.42. The quantitative estimate of drug-likeness (QED) is 0.611. The Labute approximate surface area is 170 Å². The van der Waals surface area contributed by atoms with Crippen molar-refractivity contribution in [2.45, 2.75) is 39.3 Å². The van der Waals surface area contributed by atoms with Gasteiger partial charge in [-0.05, 0) is 29.7 Å². The maximum atomic E-state index is 13.4. The molecule has 0 bridgehead atoms. The molecule has 0 aliphatic carbocycles. The second kappa shape index (κ2) is 7.06. The van der Waals surface area contributed by atoms with E-state index in [1.165, 1.54) is 6.33 Å². The van der Waals surface area contributed by atoms with Crippen LogP contribution in [0.5, 0.6) is 0 Å². The summed E-state index contributed by atoms with van der Waals surface area (Å²) >= 11 is 6.10. The van der Waals surface area contributed by atoms with Gasteiger partial charge >= 0.3 is 0 Å². The van der Waals surface area contributed by atoms with Crippen molar-refractivity contribution in [1.29, 1.82) is 0 Å². The number of hydrogen-bond acceptors (Lipinski definition) is 3. The van der Waals surface area contributed by atoms with Crippen LogP contribution in [0.1, 0.15) is 50.4 Å². The highest BCUT2D eigenvalue weighted by atomic mass is 35.5. The number of carbonyl (C=O) groups excluding carboxylic acids is 1. The Balaban J connectivity index is 1.86. The third kappa shape index (κ3) is 3.31. The van der Waals surface area contributed by atoms with Crippen LogP contribution < -0.4 is 4.90 Å². The van der Waals surface area contributed by atoms with E-state index < -0.39 is 5.41 Å². The molecule has 1 aromatic heterocycles. The first-order valence-electron chi connectivity index (χ1n) is 9.40. The van der Waals surface area contributed by atoms with E-state index in [2.05, 4.69) is 22.2 Å². The van der Waals surface area contributed by atoms with Crippen LogP contribution in [0.2, 0.25) is 5.02 Å². The van der Waals surface area contributed by atoms with E-state index >= 15 is 0 Å². The molecule has 0 saturated heterocycles. The fourth-order valence-corrected chi connectivity index (χ4v) is 3.83. The number of carbonyl (C=O) groups is 1. The van der Waals surface area contributed by atoms with Gasteiger partial charge in [0.05, 0.1) is 12.1 Å². The van der Waals surface area contributed by atoms with Gasteiger partial charge in [0.25, 0.3) is 0 Å². The molecule has 5 nitrogen and oxygen atoms in total. The van der Waals surface area contributed by atoms with Gasteiger partial charge in [-0.2, -0.15) is 10.1 Å². The fourth-order valence-electron chi connectivity index (χ4n) is 3.71. The molecule has 1 aliphatic heterocycles. The Kier molecular flexibility index (Phi) is 4.71. The summed E-state index contributed by atoms with van der Waals surface area (Å²) in [5, 5.41) is 5.14. The number of anilines is 1. The van der Waals surface area contributed by atoms with Crippen LogP contribution in [0.15, 0.2) is 60.9 Å². The number of hydrogen-bond donors (Lipinski definition) is 0. The lowest BCUT2D eigenvalue weighted by atomic mass is 9.88. The van der Waals surface area contributed by atoms with Crippen molar-refractivity contribution in [3.05, 3.63) is 77.1 Å². The summed E-state index contributed by atoms with van der Waals surface area (Å²) in [5.74, 6) is 0.605. The molecular formula is C22H23ClN4O. The topological polar surface area (TPSA) is 51.0 Å². The summed E-state index contributed by atoms with van der Waals surface area (Å²) in [6, 6.07) is 17.8. The molecule has 0 spiro atoms. The van der Waals surface area contributed by atoms with Crippen LogP contribution >= 0.6 is 11.6 Å². The van der Waals surface area contributed by atoms with Gasteiger partial charge in [-0.15, -0.1) is 0 Å². The average molecular weight is 395 g/mol. The predicted octanol–water partition coefficient (Wildman–Crippen LogP) is 5.05. The molecule has 28 heavy (non-hydrogen) atoms. The van der Waals surface area contributed by atoms with Gasteiger partial charge in [-0.25, -0.2) is 4.68 Å². The van der Waals surface area contributed by atoms with Crippen LogP contribution in [-0.4, -0.2) is 20.7 Å². The molecule has 0 saturated carbocycles. The number of nitrogens with zero attached hydrogens (tertiary/aromatic N) is 4. The third-order valence-corrected chi connectivity index (χ3v) is 5.37. The van der Waals surface area contributed by atoms with Crippen molar-refractivity contribution in [3.63, 3.8) is 0 Å². The van der Waals surface area contributed by atoms with Crippen molar-refractivity contribution >= 4 is 23.5 Å². The fraction of sp³-hybridized carbons (Fsp3) is 0.318. The Morgan fingerprint density at radius 3 is 2.29 bits per heavy atom. The minimum absolute atomic E-state index is 0.00314. The lowest BCUT2D eigenvalue weighted by Crippen LogP contribution is -2.47. The largest absolute Gasteiger partial charge is 0.274 e. The van der Waals surface area contributed by atoms with Gasteiger partial charge in [0.2, 0.25) is 11.9 Å². The first-order chi connectivity index (χ1) is 13.4. The van der Waals surface area contributed by atoms with Crippen molar-refractivity contribution in [2.75, 3.05) is 4.90 Å². The lowest BCUT2D eigenvalue weighted by molar-refractivity contribution is -0.126. The molecule has 2 aromatic carbocycles. The molecule has 2 heterocycles. The van der Waals surface area contributed by atoms with Crippen LogP contribution in [0.3, 0.4) is 0 Å². The maximum absolute atomic E-state index is 13.4. The molecule has 2 atom stereocenters. The molecule has 6 heteroatoms. The van der Waals surface area contributed by atoms with Gasteiger partial charge < -0.3 is 0 Å². The minimum atomic E-state index is -0.541. The highest BCUT2D eigenvalue weighted by molar-refractivity contribution is 6.30. The van der Waals surface area contributed by atoms with Gasteiger partial charge in [-0.1, -0.05) is 74.8 Å². The SMILES string of the molecule is CC(C)(C)C(=O)N1c2ncnn2[C@@H](c2ccccc2)C[C@@H]1c1ccc(Cl)cc1. The van der Waals surface area contributed by atoms with E-state index in [1.54, 1.807) is 4.90 Å². The summed E-state index contributed by atoms with van der Waals surface area (Å²) in [4.78, 5) is 19.7. The Hall–Kier alpha value is -2.66. The van der Waals surface area contributed by atoms with Crippen LogP contribution in [0, 0.1) is 5.41 Å². The van der Waals surface area contributed by atoms with E-state index in [0.29, 0.717) is 17.4 Å². The van der Waals surface area contributed by atoms with Crippen LogP contribution in [-0.2, 0) is 4.79 Å². The monoisotopic (exact) mass is 394 g/mol. The molecule has 1 amide bonds. The average Bonchev–Trinajstić information content (AvgIpc) is 3.16. The van der Waals surface area contributed by atoms with E-state index in [1.807, 2.05) is 67.9 Å². The molecule has 3 aromatic rings. The molecule has 144 valence electrons. The predicted molar refractivity (Wildman–Crippen MR) is 110 cm³/mol. The molecule has 0 fully saturated rings. The number of halogens is 1. The molecule has 0 N–H and O–H groups in total. The second-order valence-corrected chi connectivity index (χ2v) is 8.60. The smallest absolute Gasteiger partial charge is 0.235 e. The second-order valence-electron chi connectivity index (χ2n) is 8.16. The standard InChI is InChI=1S/C22H23ClN4O/c1-22(2,3)20(28)26-18(16-9-11-17(23)12-10-16)13-19(15-7-5-4-6-8-15)27-21(26)24-14-25-27/h4-12,14,18-19H,13H2,1-3H3/t18-,19-/m1/s1. The summed E-state index contributed by atoms with van der Waals surface area (Å²) in [5.41, 5.74) is 1.65. The van der Waals surface area contributed by atoms with Crippen molar-refractivity contribution in [3.8, 4) is 0 Å². The summed E-state index contributed by atoms with van der Waals surface area (Å²) < 4.78 is 1.87. The Morgan fingerprint density at radius 2 is 1.64 bits per heavy atom. The molecule has 1 aliphatic rings. The summed E-state index contributed by atoms with van der Waals surface area (Å²) in [7, 11) is 0. The zero-order valence-corrected chi connectivity index (χ0v) is 17.0. The maximum Gasteiger partial charge on any atom is 0.235 e. The van der Waals surface area contributed by atoms with Gasteiger partial charge in [0.1, 0.15) is 6.33 Å². The molecule has 0 unspecified atom stereocenters. The minimum Gasteiger partial charge on any atom is -0.274 e. The number of amides is 1. The number of rotatable bonds is 2. The van der Waals surface area contributed by atoms with Crippen LogP contribution in [0.25, 0.3) is 0 Å². The first kappa shape index (κ1) is 18.7. The van der Waals surface area contributed by atoms with Gasteiger partial charge in [0.15, 0.2) is 0 Å². The normalized spacial score (nSPS) is 19.4. The van der Waals surface area contributed by atoms with E-state index in [9.17, 15) is 4.79 Å². The van der Waals surface area contributed by atoms with Crippen molar-refractivity contribution in [2.24, 2.45) is 5.41 Å². The summed E-state index contributed by atoms with van der Waals surface area (Å²) in [6.45, 7) is 5.79. The Morgan fingerprint density at radius 1 is 1.00 bits per heavy atom. The number of benzene rings is 2. The van der Waals surface area contributed by atoms with Crippen molar-refractivity contribution < 1.29 is 4.79 Å². The zero-order valence-electron chi connectivity index (χ0n) is 16.2. The summed E-state index contributed by atoms with van der Waals surface area (Å²) in [6.07, 6.45) is 2.24. The van der Waals surface area contributed by atoms with Gasteiger partial charge in [0, 0.05) is 10.4 Å². The number of fused-ring (bicyclic) bond motifs is 1. The van der Waals surface area contributed by atoms with Gasteiger partial charge in [-0.3, -0.25) is 9.69 Å². The lowest BCUT2D eigenvalue weighted by Gasteiger charge is -2.41. The molecule has 4 rings (SSSR count). The number of aromatic nitrogens is 3. The van der Waals surface area contributed by atoms with Crippen molar-refractivity contribution in [1.82, 2.24) is 14.8 Å². The zero-order chi connectivity index (χ0) is 19.9. The highest BCUT2D eigenvalue weighted by Crippen LogP contribution is 2.43. The first-order valence-corrected chi connectivity index (χ1v) is 9.77. The van der Waals surface area contributed by atoms with E-state index in [0.717, 1.165) is 11.1 Å². The van der Waals surface area contributed by atoms with Crippen LogP contribution in [0.4, 0.5) is 5.95 Å². The Bertz CT molecular complexity index is 976. The van der Waals surface area contributed by atoms with E-state index in [4.69, 9.17) is 11.6 Å².